The number of nitrogens with one attached hydrogen (secondary N) is 1. The Morgan fingerprint density at radius 1 is 1.18 bits per heavy atom. The van der Waals surface area contributed by atoms with Crippen LogP contribution in [-0.4, -0.2) is 37.2 Å². The summed E-state index contributed by atoms with van der Waals surface area (Å²) in [6.45, 7) is 3.08. The van der Waals surface area contributed by atoms with E-state index in [1.807, 2.05) is 5.01 Å². The summed E-state index contributed by atoms with van der Waals surface area (Å²) in [4.78, 5) is 11.8. The van der Waals surface area contributed by atoms with Crippen molar-refractivity contribution in [2.24, 2.45) is 5.92 Å². The molecule has 0 aromatic carbocycles. The lowest BCUT2D eigenvalue weighted by Crippen LogP contribution is -2.48. The first kappa shape index (κ1) is 12.8. The maximum Gasteiger partial charge on any atom is 0.234 e. The molecule has 0 radical (unpaired) electrons. The monoisotopic (exact) mass is 240 g/mol. The summed E-state index contributed by atoms with van der Waals surface area (Å²) in [6.07, 6.45) is 8.50. The maximum absolute atomic E-state index is 11.8. The molecule has 2 rings (SSSR count). The van der Waals surface area contributed by atoms with E-state index in [9.17, 15) is 4.79 Å². The smallest absolute Gasteiger partial charge is 0.234 e. The van der Waals surface area contributed by atoms with Crippen molar-refractivity contribution in [2.45, 2.75) is 44.9 Å². The Kier molecular flexibility index (Phi) is 5.26. The SMILES string of the molecule is O=C(CCC1CCCCC1)NN1CCOCC1. The van der Waals surface area contributed by atoms with Crippen LogP contribution in [-0.2, 0) is 9.53 Å². The summed E-state index contributed by atoms with van der Waals surface area (Å²) >= 11 is 0. The number of rotatable bonds is 4. The predicted molar refractivity (Wildman–Crippen MR) is 66.3 cm³/mol. The number of hydrazine groups is 1. The van der Waals surface area contributed by atoms with Crippen molar-refractivity contribution in [1.29, 1.82) is 0 Å². The fourth-order valence-corrected chi connectivity index (χ4v) is 2.72. The topological polar surface area (TPSA) is 41.6 Å². The standard InChI is InChI=1S/C13H24N2O2/c16-13(14-15-8-10-17-11-9-15)7-6-12-4-2-1-3-5-12/h12H,1-11H2,(H,14,16). The number of nitrogens with zero attached hydrogens (tertiary/aromatic N) is 1. The van der Waals surface area contributed by atoms with Crippen LogP contribution in [0.5, 0.6) is 0 Å². The molecule has 0 bridgehead atoms. The van der Waals surface area contributed by atoms with Crippen molar-refractivity contribution >= 4 is 5.91 Å². The van der Waals surface area contributed by atoms with E-state index in [2.05, 4.69) is 5.43 Å². The largest absolute Gasteiger partial charge is 0.379 e. The number of ether oxygens (including phenoxy) is 1. The van der Waals surface area contributed by atoms with Crippen LogP contribution in [0.3, 0.4) is 0 Å². The maximum atomic E-state index is 11.8. The van der Waals surface area contributed by atoms with Gasteiger partial charge < -0.3 is 4.74 Å². The summed E-state index contributed by atoms with van der Waals surface area (Å²) in [5.74, 6) is 0.969. The molecule has 1 aliphatic heterocycles. The Bertz CT molecular complexity index is 234. The zero-order valence-corrected chi connectivity index (χ0v) is 10.6. The Labute approximate surface area is 104 Å². The third-order valence-corrected chi connectivity index (χ3v) is 3.80. The molecule has 4 heteroatoms. The fourth-order valence-electron chi connectivity index (χ4n) is 2.72. The van der Waals surface area contributed by atoms with Crippen molar-refractivity contribution in [2.75, 3.05) is 26.3 Å². The van der Waals surface area contributed by atoms with Crippen LogP contribution < -0.4 is 5.43 Å². The molecule has 0 spiro atoms. The minimum absolute atomic E-state index is 0.178. The highest BCUT2D eigenvalue weighted by Crippen LogP contribution is 2.27. The van der Waals surface area contributed by atoms with E-state index < -0.39 is 0 Å². The van der Waals surface area contributed by atoms with Gasteiger partial charge >= 0.3 is 0 Å². The van der Waals surface area contributed by atoms with E-state index in [4.69, 9.17) is 4.74 Å². The minimum atomic E-state index is 0.178. The molecule has 1 heterocycles. The molecule has 1 aliphatic carbocycles. The first-order valence-electron chi connectivity index (χ1n) is 6.97. The number of morpholine rings is 1. The van der Waals surface area contributed by atoms with Crippen molar-refractivity contribution in [3.05, 3.63) is 0 Å². The van der Waals surface area contributed by atoms with Gasteiger partial charge in [-0.1, -0.05) is 32.1 Å². The molecule has 0 atom stereocenters. The average molecular weight is 240 g/mol. The lowest BCUT2D eigenvalue weighted by Gasteiger charge is -2.27. The molecule has 0 unspecified atom stereocenters. The highest BCUT2D eigenvalue weighted by atomic mass is 16.5. The second-order valence-corrected chi connectivity index (χ2v) is 5.18. The normalized spacial score (nSPS) is 23.5. The summed E-state index contributed by atoms with van der Waals surface area (Å²) in [5, 5.41) is 1.98. The average Bonchev–Trinajstić information content (AvgIpc) is 2.39. The second-order valence-electron chi connectivity index (χ2n) is 5.18. The highest BCUT2D eigenvalue weighted by Gasteiger charge is 2.16. The lowest BCUT2D eigenvalue weighted by atomic mass is 9.86. The molecule has 1 N–H and O–H groups in total. The first-order valence-corrected chi connectivity index (χ1v) is 6.97. The van der Waals surface area contributed by atoms with Gasteiger partial charge in [-0.05, 0) is 12.3 Å². The van der Waals surface area contributed by atoms with Crippen LogP contribution in [0, 0.1) is 5.92 Å². The quantitative estimate of drug-likeness (QED) is 0.813. The number of amides is 1. The fraction of sp³-hybridized carbons (Fsp3) is 0.923. The van der Waals surface area contributed by atoms with Gasteiger partial charge in [0.1, 0.15) is 0 Å². The van der Waals surface area contributed by atoms with Crippen LogP contribution >= 0.6 is 0 Å². The second kappa shape index (κ2) is 6.97. The molecule has 4 nitrogen and oxygen atoms in total. The summed E-state index contributed by atoms with van der Waals surface area (Å²) in [7, 11) is 0. The first-order chi connectivity index (χ1) is 8.34. The Balaban J connectivity index is 1.59. The van der Waals surface area contributed by atoms with Gasteiger partial charge in [-0.15, -0.1) is 0 Å². The molecule has 17 heavy (non-hydrogen) atoms. The molecule has 98 valence electrons. The van der Waals surface area contributed by atoms with Crippen molar-refractivity contribution in [1.82, 2.24) is 10.4 Å². The summed E-state index contributed by atoms with van der Waals surface area (Å²) in [6, 6.07) is 0. The van der Waals surface area contributed by atoms with Crippen LogP contribution in [0.1, 0.15) is 44.9 Å². The van der Waals surface area contributed by atoms with Gasteiger partial charge in [0.05, 0.1) is 13.2 Å². The predicted octanol–water partition coefficient (Wildman–Crippen LogP) is 1.71. The van der Waals surface area contributed by atoms with Gasteiger partial charge in [0, 0.05) is 19.5 Å². The van der Waals surface area contributed by atoms with Crippen molar-refractivity contribution in [3.8, 4) is 0 Å². The van der Waals surface area contributed by atoms with Gasteiger partial charge in [-0.2, -0.15) is 0 Å². The highest BCUT2D eigenvalue weighted by molar-refractivity contribution is 5.75. The minimum Gasteiger partial charge on any atom is -0.379 e. The van der Waals surface area contributed by atoms with Crippen molar-refractivity contribution < 1.29 is 9.53 Å². The molecule has 2 fully saturated rings. The molecular weight excluding hydrogens is 216 g/mol. The van der Waals surface area contributed by atoms with Crippen LogP contribution in [0.25, 0.3) is 0 Å². The van der Waals surface area contributed by atoms with Gasteiger partial charge in [0.2, 0.25) is 5.91 Å². The molecule has 1 amide bonds. The Hall–Kier alpha value is -0.610. The zero-order chi connectivity index (χ0) is 11.9. The van der Waals surface area contributed by atoms with Crippen LogP contribution in [0.15, 0.2) is 0 Å². The third kappa shape index (κ3) is 4.64. The van der Waals surface area contributed by atoms with Gasteiger partial charge in [-0.25, -0.2) is 5.01 Å². The molecule has 0 aromatic heterocycles. The van der Waals surface area contributed by atoms with E-state index >= 15 is 0 Å². The van der Waals surface area contributed by atoms with Gasteiger partial charge in [0.25, 0.3) is 0 Å². The summed E-state index contributed by atoms with van der Waals surface area (Å²) in [5.41, 5.74) is 2.97. The summed E-state index contributed by atoms with van der Waals surface area (Å²) < 4.78 is 5.24. The van der Waals surface area contributed by atoms with E-state index in [0.29, 0.717) is 6.42 Å². The molecule has 0 aromatic rings. The number of hydrogen-bond donors (Lipinski definition) is 1. The van der Waals surface area contributed by atoms with Crippen LogP contribution in [0.4, 0.5) is 0 Å². The third-order valence-electron chi connectivity index (χ3n) is 3.80. The van der Waals surface area contributed by atoms with E-state index in [1.54, 1.807) is 0 Å². The number of hydrogen-bond acceptors (Lipinski definition) is 3. The van der Waals surface area contributed by atoms with Gasteiger partial charge in [0.15, 0.2) is 0 Å². The molecule has 2 aliphatic rings. The zero-order valence-electron chi connectivity index (χ0n) is 10.6. The molecule has 1 saturated carbocycles. The lowest BCUT2D eigenvalue weighted by molar-refractivity contribution is -0.128. The Morgan fingerprint density at radius 2 is 1.88 bits per heavy atom. The van der Waals surface area contributed by atoms with E-state index in [1.165, 1.54) is 32.1 Å². The Morgan fingerprint density at radius 3 is 2.59 bits per heavy atom. The molecule has 1 saturated heterocycles. The van der Waals surface area contributed by atoms with Crippen LogP contribution in [0.2, 0.25) is 0 Å². The number of carbonyl (C=O) groups is 1. The van der Waals surface area contributed by atoms with Gasteiger partial charge in [-0.3, -0.25) is 10.2 Å². The number of carbonyl (C=O) groups excluding carboxylic acids is 1. The molecular formula is C13H24N2O2. The van der Waals surface area contributed by atoms with Crippen molar-refractivity contribution in [3.63, 3.8) is 0 Å². The van der Waals surface area contributed by atoms with E-state index in [-0.39, 0.29) is 5.91 Å². The van der Waals surface area contributed by atoms with E-state index in [0.717, 1.165) is 38.6 Å².